The zero-order valence-electron chi connectivity index (χ0n) is 14.2. The number of carbonyl (C=O) groups is 1. The van der Waals surface area contributed by atoms with Crippen LogP contribution in [0.25, 0.3) is 0 Å². The molecule has 0 saturated carbocycles. The molecule has 1 unspecified atom stereocenters. The standard InChI is InChI=1S/C17H31NO3S/c1-5-6-7-8-14(22-12-15(18)16(20)21)11-13(19)9-10-17(2,3)4/h9-11,14-15,19H,5-8,12,18H2,1-4H3,(H,20,21)/b10-9+,13-11-/t14?,15-/m1/s1. The number of aliphatic hydroxyl groups is 1. The molecule has 0 fully saturated rings. The van der Waals surface area contributed by atoms with E-state index in [1.165, 1.54) is 11.8 Å². The Balaban J connectivity index is 4.69. The highest BCUT2D eigenvalue weighted by atomic mass is 32.2. The molecular weight excluding hydrogens is 298 g/mol. The highest BCUT2D eigenvalue weighted by Crippen LogP contribution is 2.22. The molecule has 0 aromatic rings. The number of unbranched alkanes of at least 4 members (excludes halogenated alkanes) is 2. The summed E-state index contributed by atoms with van der Waals surface area (Å²) in [5.41, 5.74) is 5.56. The molecule has 0 rings (SSSR count). The molecule has 0 heterocycles. The molecule has 128 valence electrons. The summed E-state index contributed by atoms with van der Waals surface area (Å²) in [5, 5.41) is 19.0. The lowest BCUT2D eigenvalue weighted by Crippen LogP contribution is -2.33. The number of carboxylic acid groups (broad SMARTS) is 1. The van der Waals surface area contributed by atoms with Gasteiger partial charge in [0.25, 0.3) is 0 Å². The third-order valence-corrected chi connectivity index (χ3v) is 4.36. The van der Waals surface area contributed by atoms with Gasteiger partial charge in [-0.15, -0.1) is 0 Å². The number of allylic oxidation sites excluding steroid dienone is 2. The summed E-state index contributed by atoms with van der Waals surface area (Å²) in [6.45, 7) is 8.34. The third-order valence-electron chi connectivity index (χ3n) is 3.01. The van der Waals surface area contributed by atoms with Crippen molar-refractivity contribution < 1.29 is 15.0 Å². The second-order valence-electron chi connectivity index (χ2n) is 6.60. The predicted molar refractivity (Wildman–Crippen MR) is 95.3 cm³/mol. The fourth-order valence-electron chi connectivity index (χ4n) is 1.69. The van der Waals surface area contributed by atoms with Crippen molar-refractivity contribution >= 4 is 17.7 Å². The summed E-state index contributed by atoms with van der Waals surface area (Å²) >= 11 is 1.49. The molecule has 0 radical (unpaired) electrons. The number of aliphatic carboxylic acids is 1. The van der Waals surface area contributed by atoms with E-state index in [0.29, 0.717) is 5.75 Å². The van der Waals surface area contributed by atoms with Gasteiger partial charge in [-0.25, -0.2) is 0 Å². The SMILES string of the molecule is CCCCCC(/C=C(O)/C=C/C(C)(C)C)SC[C@@H](N)C(=O)O. The summed E-state index contributed by atoms with van der Waals surface area (Å²) in [6, 6.07) is -0.862. The van der Waals surface area contributed by atoms with Gasteiger partial charge in [-0.1, -0.05) is 53.0 Å². The number of hydrogen-bond acceptors (Lipinski definition) is 4. The first-order valence-electron chi connectivity index (χ1n) is 7.85. The van der Waals surface area contributed by atoms with Gasteiger partial charge in [-0.3, -0.25) is 4.79 Å². The van der Waals surface area contributed by atoms with Gasteiger partial charge in [0, 0.05) is 11.0 Å². The zero-order chi connectivity index (χ0) is 17.2. The molecule has 22 heavy (non-hydrogen) atoms. The summed E-state index contributed by atoms with van der Waals surface area (Å²) in [5.74, 6) is -0.410. The average Bonchev–Trinajstić information content (AvgIpc) is 2.41. The predicted octanol–water partition coefficient (Wildman–Crippen LogP) is 4.12. The van der Waals surface area contributed by atoms with Crippen LogP contribution in [0.3, 0.4) is 0 Å². The van der Waals surface area contributed by atoms with Crippen LogP contribution < -0.4 is 5.73 Å². The Hall–Kier alpha value is -0.940. The highest BCUT2D eigenvalue weighted by Gasteiger charge is 2.15. The molecule has 0 bridgehead atoms. The van der Waals surface area contributed by atoms with Gasteiger partial charge < -0.3 is 15.9 Å². The largest absolute Gasteiger partial charge is 0.508 e. The number of rotatable bonds is 10. The van der Waals surface area contributed by atoms with E-state index < -0.39 is 12.0 Å². The van der Waals surface area contributed by atoms with E-state index in [4.69, 9.17) is 10.8 Å². The van der Waals surface area contributed by atoms with E-state index in [-0.39, 0.29) is 16.4 Å². The van der Waals surface area contributed by atoms with Gasteiger partial charge in [-0.2, -0.15) is 11.8 Å². The van der Waals surface area contributed by atoms with Crippen molar-refractivity contribution in [3.8, 4) is 0 Å². The van der Waals surface area contributed by atoms with Crippen LogP contribution in [0.5, 0.6) is 0 Å². The molecular formula is C17H31NO3S. The number of carboxylic acids is 1. The third kappa shape index (κ3) is 11.7. The Bertz CT molecular complexity index is 386. The maximum atomic E-state index is 10.8. The Morgan fingerprint density at radius 2 is 1.91 bits per heavy atom. The van der Waals surface area contributed by atoms with E-state index in [9.17, 15) is 9.90 Å². The molecule has 0 aromatic heterocycles. The van der Waals surface area contributed by atoms with Crippen LogP contribution in [0.2, 0.25) is 0 Å². The number of hydrogen-bond donors (Lipinski definition) is 3. The first-order chi connectivity index (χ1) is 10.2. The first-order valence-corrected chi connectivity index (χ1v) is 8.90. The van der Waals surface area contributed by atoms with Crippen molar-refractivity contribution in [2.24, 2.45) is 11.1 Å². The van der Waals surface area contributed by atoms with E-state index in [0.717, 1.165) is 25.7 Å². The van der Waals surface area contributed by atoms with Gasteiger partial charge in [-0.05, 0) is 24.0 Å². The molecule has 5 heteroatoms. The maximum Gasteiger partial charge on any atom is 0.321 e. The van der Waals surface area contributed by atoms with Gasteiger partial charge in [0.1, 0.15) is 11.8 Å². The second-order valence-corrected chi connectivity index (χ2v) is 7.88. The molecule has 0 aliphatic heterocycles. The van der Waals surface area contributed by atoms with Gasteiger partial charge in [0.15, 0.2) is 0 Å². The van der Waals surface area contributed by atoms with Gasteiger partial charge in [0.2, 0.25) is 0 Å². The van der Waals surface area contributed by atoms with E-state index >= 15 is 0 Å². The van der Waals surface area contributed by atoms with Crippen molar-refractivity contribution in [3.63, 3.8) is 0 Å². The van der Waals surface area contributed by atoms with E-state index in [1.807, 2.05) is 6.08 Å². The lowest BCUT2D eigenvalue weighted by molar-refractivity contribution is -0.137. The van der Waals surface area contributed by atoms with Crippen LogP contribution in [0, 0.1) is 5.41 Å². The minimum absolute atomic E-state index is 0.0122. The summed E-state index contributed by atoms with van der Waals surface area (Å²) in [4.78, 5) is 10.8. The molecule has 4 N–H and O–H groups in total. The number of aliphatic hydroxyl groups excluding tert-OH is 1. The van der Waals surface area contributed by atoms with Crippen LogP contribution in [0.4, 0.5) is 0 Å². The Morgan fingerprint density at radius 1 is 1.27 bits per heavy atom. The topological polar surface area (TPSA) is 83.5 Å². The normalized spacial score (nSPS) is 16.0. The summed E-state index contributed by atoms with van der Waals surface area (Å²) < 4.78 is 0. The molecule has 0 aliphatic rings. The Morgan fingerprint density at radius 3 is 2.41 bits per heavy atom. The minimum Gasteiger partial charge on any atom is -0.508 e. The van der Waals surface area contributed by atoms with Gasteiger partial charge >= 0.3 is 5.97 Å². The fourth-order valence-corrected chi connectivity index (χ4v) is 2.86. The lowest BCUT2D eigenvalue weighted by Gasteiger charge is -2.15. The first kappa shape index (κ1) is 21.1. The van der Waals surface area contributed by atoms with Crippen molar-refractivity contribution in [1.29, 1.82) is 0 Å². The molecule has 4 nitrogen and oxygen atoms in total. The lowest BCUT2D eigenvalue weighted by atomic mass is 9.96. The molecule has 0 aromatic carbocycles. The summed E-state index contributed by atoms with van der Waals surface area (Å²) in [6.07, 6.45) is 9.71. The number of thioether (sulfide) groups is 1. The van der Waals surface area contributed by atoms with Crippen molar-refractivity contribution in [3.05, 3.63) is 24.0 Å². The van der Waals surface area contributed by atoms with Gasteiger partial charge in [0.05, 0.1) is 0 Å². The van der Waals surface area contributed by atoms with Crippen molar-refractivity contribution in [2.75, 3.05) is 5.75 Å². The Labute approximate surface area is 138 Å². The highest BCUT2D eigenvalue weighted by molar-refractivity contribution is 8.00. The molecule has 2 atom stereocenters. The Kier molecular flexibility index (Phi) is 10.3. The zero-order valence-corrected chi connectivity index (χ0v) is 15.0. The van der Waals surface area contributed by atoms with E-state index in [2.05, 4.69) is 27.7 Å². The van der Waals surface area contributed by atoms with Crippen LogP contribution in [-0.2, 0) is 4.79 Å². The average molecular weight is 330 g/mol. The van der Waals surface area contributed by atoms with Crippen molar-refractivity contribution in [2.45, 2.75) is 64.7 Å². The molecule has 0 aliphatic carbocycles. The monoisotopic (exact) mass is 329 g/mol. The smallest absolute Gasteiger partial charge is 0.321 e. The molecule has 0 spiro atoms. The fraction of sp³-hybridized carbons (Fsp3) is 0.706. The molecule has 0 amide bonds. The summed E-state index contributed by atoms with van der Waals surface area (Å²) in [7, 11) is 0. The maximum absolute atomic E-state index is 10.8. The van der Waals surface area contributed by atoms with E-state index in [1.54, 1.807) is 12.2 Å². The minimum atomic E-state index is -0.986. The quantitative estimate of drug-likeness (QED) is 0.319. The van der Waals surface area contributed by atoms with Crippen LogP contribution in [0.15, 0.2) is 24.0 Å². The van der Waals surface area contributed by atoms with Crippen LogP contribution >= 0.6 is 11.8 Å². The van der Waals surface area contributed by atoms with Crippen LogP contribution in [0.1, 0.15) is 53.4 Å². The van der Waals surface area contributed by atoms with Crippen LogP contribution in [-0.4, -0.2) is 33.2 Å². The second kappa shape index (κ2) is 10.7. The molecule has 0 saturated heterocycles. The number of nitrogens with two attached hydrogens (primary N) is 1. The van der Waals surface area contributed by atoms with Crippen molar-refractivity contribution in [1.82, 2.24) is 0 Å².